The van der Waals surface area contributed by atoms with Gasteiger partial charge in [-0.15, -0.1) is 0 Å². The molecule has 2 aromatic rings. The molecule has 2 aliphatic rings. The van der Waals surface area contributed by atoms with Gasteiger partial charge in [0.25, 0.3) is 0 Å². The van der Waals surface area contributed by atoms with Crippen LogP contribution in [0, 0.1) is 6.92 Å². The van der Waals surface area contributed by atoms with Gasteiger partial charge in [-0.2, -0.15) is 0 Å². The van der Waals surface area contributed by atoms with Crippen LogP contribution in [-0.2, 0) is 24.9 Å². The molecule has 0 aromatic carbocycles. The van der Waals surface area contributed by atoms with Crippen LogP contribution >= 0.6 is 0 Å². The summed E-state index contributed by atoms with van der Waals surface area (Å²) in [7, 11) is 1.98. The monoisotopic (exact) mass is 314 g/mol. The zero-order chi connectivity index (χ0) is 16.0. The third kappa shape index (κ3) is 2.57. The number of aryl methyl sites for hydroxylation is 2. The summed E-state index contributed by atoms with van der Waals surface area (Å²) in [6, 6.07) is 3.99. The first-order chi connectivity index (χ1) is 11.1. The van der Waals surface area contributed by atoms with Crippen molar-refractivity contribution in [2.45, 2.75) is 32.4 Å². The van der Waals surface area contributed by atoms with Gasteiger partial charge in [-0.1, -0.05) is 0 Å². The second-order valence-electron chi connectivity index (χ2n) is 6.60. The normalized spacial score (nSPS) is 21.1. The van der Waals surface area contributed by atoms with Crippen LogP contribution in [-0.4, -0.2) is 44.9 Å². The van der Waals surface area contributed by atoms with Crippen molar-refractivity contribution >= 4 is 5.91 Å². The Balaban J connectivity index is 1.59. The van der Waals surface area contributed by atoms with Crippen molar-refractivity contribution in [3.63, 3.8) is 0 Å². The van der Waals surface area contributed by atoms with E-state index in [0.29, 0.717) is 6.54 Å². The molecule has 1 fully saturated rings. The quantitative estimate of drug-likeness (QED) is 0.864. The number of aromatic nitrogens is 2. The molecule has 23 heavy (non-hydrogen) atoms. The predicted octanol–water partition coefficient (Wildman–Crippen LogP) is 1.65. The van der Waals surface area contributed by atoms with E-state index in [1.807, 2.05) is 41.9 Å². The van der Waals surface area contributed by atoms with Crippen molar-refractivity contribution in [1.82, 2.24) is 19.4 Å². The molecular formula is C17H22N4O2. The minimum atomic E-state index is -0.123. The Morgan fingerprint density at radius 3 is 2.87 bits per heavy atom. The third-order valence-electron chi connectivity index (χ3n) is 4.85. The Hall–Kier alpha value is -2.08. The molecule has 0 bridgehead atoms. The number of fused-ring (bicyclic) bond motifs is 1. The molecule has 1 atom stereocenters. The van der Waals surface area contributed by atoms with E-state index in [-0.39, 0.29) is 11.8 Å². The molecule has 1 amide bonds. The summed E-state index contributed by atoms with van der Waals surface area (Å²) in [6.07, 6.45) is 2.94. The van der Waals surface area contributed by atoms with E-state index in [1.54, 1.807) is 0 Å². The van der Waals surface area contributed by atoms with E-state index in [2.05, 4.69) is 9.88 Å². The smallest absolute Gasteiger partial charge is 0.233 e. The van der Waals surface area contributed by atoms with Crippen LogP contribution in [0.25, 0.3) is 0 Å². The number of nitrogens with zero attached hydrogens (tertiary/aromatic N) is 4. The van der Waals surface area contributed by atoms with Crippen molar-refractivity contribution in [2.24, 2.45) is 7.05 Å². The second kappa shape index (κ2) is 5.53. The topological polar surface area (TPSA) is 54.5 Å². The van der Waals surface area contributed by atoms with Gasteiger partial charge in [0.1, 0.15) is 11.5 Å². The summed E-state index contributed by atoms with van der Waals surface area (Å²) < 4.78 is 7.70. The molecule has 0 N–H and O–H groups in total. The Bertz CT molecular complexity index is 729. The first kappa shape index (κ1) is 14.5. The van der Waals surface area contributed by atoms with Gasteiger partial charge in [0, 0.05) is 33.2 Å². The first-order valence-electron chi connectivity index (χ1n) is 8.18. The van der Waals surface area contributed by atoms with E-state index in [9.17, 15) is 4.79 Å². The lowest BCUT2D eigenvalue weighted by molar-refractivity contribution is -0.137. The summed E-state index contributed by atoms with van der Waals surface area (Å²) in [5.41, 5.74) is 2.09. The van der Waals surface area contributed by atoms with Crippen LogP contribution in [0.2, 0.25) is 0 Å². The minimum Gasteiger partial charge on any atom is -0.465 e. The van der Waals surface area contributed by atoms with Crippen molar-refractivity contribution in [2.75, 3.05) is 19.6 Å². The lowest BCUT2D eigenvalue weighted by atomic mass is 9.95. The van der Waals surface area contributed by atoms with Gasteiger partial charge in [-0.3, -0.25) is 9.69 Å². The summed E-state index contributed by atoms with van der Waals surface area (Å²) >= 11 is 0. The van der Waals surface area contributed by atoms with Gasteiger partial charge >= 0.3 is 0 Å². The number of rotatable bonds is 3. The maximum atomic E-state index is 12.8. The highest BCUT2D eigenvalue weighted by molar-refractivity contribution is 5.84. The molecule has 0 radical (unpaired) electrons. The van der Waals surface area contributed by atoms with Crippen molar-refractivity contribution in [3.8, 4) is 0 Å². The van der Waals surface area contributed by atoms with E-state index in [0.717, 1.165) is 55.5 Å². The van der Waals surface area contributed by atoms with E-state index >= 15 is 0 Å². The van der Waals surface area contributed by atoms with Crippen LogP contribution in [0.3, 0.4) is 0 Å². The number of carbonyl (C=O) groups is 1. The number of furan rings is 1. The minimum absolute atomic E-state index is 0.123. The lowest BCUT2D eigenvalue weighted by Crippen LogP contribution is -2.48. The van der Waals surface area contributed by atoms with E-state index < -0.39 is 0 Å². The third-order valence-corrected chi connectivity index (χ3v) is 4.85. The number of hydrogen-bond acceptors (Lipinski definition) is 4. The van der Waals surface area contributed by atoms with Gasteiger partial charge < -0.3 is 13.9 Å². The fourth-order valence-corrected chi connectivity index (χ4v) is 3.54. The Labute approximate surface area is 135 Å². The standard InChI is InChI=1S/C17H22N4O2/c1-12-4-5-13(23-12)8-20-9-14(17(22)21-6-3-7-21)16-15(10-20)18-11-19(16)2/h4-5,11,14H,3,6-10H2,1-2H3/t14-/m0/s1. The SMILES string of the molecule is Cc1ccc(CN2Cc3ncn(C)c3[C@@H](C(=O)N3CCC3)C2)o1. The molecule has 122 valence electrons. The van der Waals surface area contributed by atoms with Gasteiger partial charge in [0.05, 0.1) is 30.2 Å². The average Bonchev–Trinajstić information content (AvgIpc) is 3.03. The molecule has 2 aromatic heterocycles. The summed E-state index contributed by atoms with van der Waals surface area (Å²) in [5.74, 6) is 1.98. The fourth-order valence-electron chi connectivity index (χ4n) is 3.54. The molecule has 6 nitrogen and oxygen atoms in total. The highest BCUT2D eigenvalue weighted by atomic mass is 16.3. The molecule has 0 aliphatic carbocycles. The molecule has 4 heterocycles. The van der Waals surface area contributed by atoms with Crippen molar-refractivity contribution in [1.29, 1.82) is 0 Å². The zero-order valence-corrected chi connectivity index (χ0v) is 13.7. The van der Waals surface area contributed by atoms with Crippen LogP contribution in [0.1, 0.15) is 35.2 Å². The predicted molar refractivity (Wildman–Crippen MR) is 84.7 cm³/mol. The fraction of sp³-hybridized carbons (Fsp3) is 0.529. The molecule has 1 saturated heterocycles. The first-order valence-corrected chi connectivity index (χ1v) is 8.18. The average molecular weight is 314 g/mol. The van der Waals surface area contributed by atoms with Gasteiger partial charge in [-0.25, -0.2) is 4.98 Å². The molecule has 2 aliphatic heterocycles. The molecule has 6 heteroatoms. The second-order valence-corrected chi connectivity index (χ2v) is 6.60. The van der Waals surface area contributed by atoms with Crippen molar-refractivity contribution < 1.29 is 9.21 Å². The van der Waals surface area contributed by atoms with Gasteiger partial charge in [-0.05, 0) is 25.5 Å². The van der Waals surface area contributed by atoms with Crippen LogP contribution in [0.15, 0.2) is 22.9 Å². The van der Waals surface area contributed by atoms with Crippen molar-refractivity contribution in [3.05, 3.63) is 41.4 Å². The summed E-state index contributed by atoms with van der Waals surface area (Å²) in [6.45, 7) is 5.93. The lowest BCUT2D eigenvalue weighted by Gasteiger charge is -2.38. The zero-order valence-electron chi connectivity index (χ0n) is 13.7. The molecular weight excluding hydrogens is 292 g/mol. The Morgan fingerprint density at radius 2 is 2.22 bits per heavy atom. The van der Waals surface area contributed by atoms with Gasteiger partial charge in [0.15, 0.2) is 0 Å². The van der Waals surface area contributed by atoms with Crippen LogP contribution < -0.4 is 0 Å². The van der Waals surface area contributed by atoms with Crippen LogP contribution in [0.4, 0.5) is 0 Å². The summed E-state index contributed by atoms with van der Waals surface area (Å²) in [5, 5.41) is 0. The maximum Gasteiger partial charge on any atom is 0.233 e. The van der Waals surface area contributed by atoms with E-state index in [4.69, 9.17) is 4.42 Å². The van der Waals surface area contributed by atoms with Crippen LogP contribution in [0.5, 0.6) is 0 Å². The Kier molecular flexibility index (Phi) is 3.49. The highest BCUT2D eigenvalue weighted by Gasteiger charge is 2.37. The number of amides is 1. The molecule has 0 spiro atoms. The number of hydrogen-bond donors (Lipinski definition) is 0. The van der Waals surface area contributed by atoms with E-state index in [1.165, 1.54) is 0 Å². The maximum absolute atomic E-state index is 12.8. The molecule has 0 unspecified atom stereocenters. The number of imidazole rings is 1. The Morgan fingerprint density at radius 1 is 1.39 bits per heavy atom. The highest BCUT2D eigenvalue weighted by Crippen LogP contribution is 2.31. The molecule has 0 saturated carbocycles. The summed E-state index contributed by atoms with van der Waals surface area (Å²) in [4.78, 5) is 21.6. The number of carbonyl (C=O) groups excluding carboxylic acids is 1. The van der Waals surface area contributed by atoms with Gasteiger partial charge in [0.2, 0.25) is 5.91 Å². The molecule has 4 rings (SSSR count). The largest absolute Gasteiger partial charge is 0.465 e. The number of likely N-dealkylation sites (tertiary alicyclic amines) is 1.